The maximum absolute atomic E-state index is 4.36. The van der Waals surface area contributed by atoms with E-state index in [2.05, 4.69) is 20.6 Å². The van der Waals surface area contributed by atoms with Crippen LogP contribution in [-0.2, 0) is 13.1 Å². The molecule has 0 aromatic carbocycles. The monoisotopic (exact) mass is 200 g/mol. The van der Waals surface area contributed by atoms with E-state index in [1.165, 1.54) is 5.56 Å². The van der Waals surface area contributed by atoms with Crippen molar-refractivity contribution in [1.29, 1.82) is 0 Å². The normalized spacial score (nSPS) is 13.3. The van der Waals surface area contributed by atoms with Crippen molar-refractivity contribution in [3.8, 4) is 0 Å². The van der Waals surface area contributed by atoms with Crippen LogP contribution in [0.15, 0.2) is 6.20 Å². The van der Waals surface area contributed by atoms with E-state index in [4.69, 9.17) is 0 Å². The molecule has 0 aliphatic carbocycles. The largest absolute Gasteiger partial charge is 0.354 e. The number of hydrogen-bond donors (Lipinski definition) is 2. The molecule has 0 amide bonds. The van der Waals surface area contributed by atoms with Gasteiger partial charge >= 0.3 is 0 Å². The Balaban J connectivity index is 0.000000845. The zero-order valence-electron chi connectivity index (χ0n) is 7.50. The van der Waals surface area contributed by atoms with E-state index >= 15 is 0 Å². The maximum Gasteiger partial charge on any atom is 0.222 e. The number of hydrogen-bond acceptors (Lipinski definition) is 4. The van der Waals surface area contributed by atoms with Crippen LogP contribution in [0.5, 0.6) is 0 Å². The first-order valence-corrected chi connectivity index (χ1v) is 4.19. The third-order valence-electron chi connectivity index (χ3n) is 1.90. The highest BCUT2D eigenvalue weighted by molar-refractivity contribution is 5.85. The van der Waals surface area contributed by atoms with Gasteiger partial charge in [-0.15, -0.1) is 12.4 Å². The summed E-state index contributed by atoms with van der Waals surface area (Å²) < 4.78 is 0. The van der Waals surface area contributed by atoms with Crippen LogP contribution in [0.1, 0.15) is 18.2 Å². The van der Waals surface area contributed by atoms with Gasteiger partial charge in [0.1, 0.15) is 0 Å². The van der Waals surface area contributed by atoms with E-state index < -0.39 is 0 Å². The Morgan fingerprint density at radius 2 is 2.38 bits per heavy atom. The van der Waals surface area contributed by atoms with Crippen LogP contribution >= 0.6 is 12.4 Å². The Hall–Kier alpha value is -0.870. The van der Waals surface area contributed by atoms with E-state index in [9.17, 15) is 0 Å². The van der Waals surface area contributed by atoms with Gasteiger partial charge in [0.05, 0.1) is 5.69 Å². The third-order valence-corrected chi connectivity index (χ3v) is 1.90. The number of nitrogens with zero attached hydrogens (tertiary/aromatic N) is 2. The topological polar surface area (TPSA) is 49.8 Å². The molecule has 2 rings (SSSR count). The van der Waals surface area contributed by atoms with E-state index in [0.717, 1.165) is 31.3 Å². The van der Waals surface area contributed by atoms with Gasteiger partial charge in [0.2, 0.25) is 5.95 Å². The predicted molar refractivity (Wildman–Crippen MR) is 54.0 cm³/mol. The number of halogens is 1. The second-order valence-corrected chi connectivity index (χ2v) is 2.80. The highest BCUT2D eigenvalue weighted by atomic mass is 35.5. The van der Waals surface area contributed by atoms with Gasteiger partial charge in [0.15, 0.2) is 0 Å². The average Bonchev–Trinajstić information content (AvgIpc) is 2.51. The molecule has 1 aromatic rings. The quantitative estimate of drug-likeness (QED) is 0.746. The molecule has 0 radical (unpaired) electrons. The molecule has 0 saturated heterocycles. The van der Waals surface area contributed by atoms with Gasteiger partial charge in [-0.1, -0.05) is 0 Å². The molecule has 72 valence electrons. The molecule has 2 heterocycles. The van der Waals surface area contributed by atoms with E-state index in [0.29, 0.717) is 0 Å². The Kier molecular flexibility index (Phi) is 3.45. The predicted octanol–water partition coefficient (Wildman–Crippen LogP) is 0.933. The SMILES string of the molecule is CCNc1ncc2c(n1)CNC2.Cl. The fourth-order valence-corrected chi connectivity index (χ4v) is 1.30. The van der Waals surface area contributed by atoms with Crippen molar-refractivity contribution in [2.75, 3.05) is 11.9 Å². The summed E-state index contributed by atoms with van der Waals surface area (Å²) in [6.45, 7) is 4.68. The lowest BCUT2D eigenvalue weighted by Gasteiger charge is -2.02. The third kappa shape index (κ3) is 2.08. The van der Waals surface area contributed by atoms with Crippen molar-refractivity contribution < 1.29 is 0 Å². The summed E-state index contributed by atoms with van der Waals surface area (Å²) in [6.07, 6.45) is 1.89. The molecule has 5 heteroatoms. The lowest BCUT2D eigenvalue weighted by atomic mass is 10.3. The van der Waals surface area contributed by atoms with Crippen molar-refractivity contribution in [2.24, 2.45) is 0 Å². The van der Waals surface area contributed by atoms with Gasteiger partial charge in [0, 0.05) is 31.4 Å². The second-order valence-electron chi connectivity index (χ2n) is 2.80. The molecule has 1 aliphatic rings. The smallest absolute Gasteiger partial charge is 0.222 e. The summed E-state index contributed by atoms with van der Waals surface area (Å²) in [6, 6.07) is 0. The number of rotatable bonds is 2. The molecular formula is C8H13ClN4. The molecule has 0 bridgehead atoms. The summed E-state index contributed by atoms with van der Waals surface area (Å²) in [5.74, 6) is 0.736. The molecule has 0 spiro atoms. The van der Waals surface area contributed by atoms with Gasteiger partial charge in [-0.25, -0.2) is 9.97 Å². The summed E-state index contributed by atoms with van der Waals surface area (Å²) in [5.41, 5.74) is 2.35. The minimum atomic E-state index is 0. The van der Waals surface area contributed by atoms with E-state index in [1.807, 2.05) is 13.1 Å². The van der Waals surface area contributed by atoms with Gasteiger partial charge in [0.25, 0.3) is 0 Å². The van der Waals surface area contributed by atoms with E-state index in [-0.39, 0.29) is 12.4 Å². The van der Waals surface area contributed by atoms with Gasteiger partial charge < -0.3 is 10.6 Å². The molecule has 1 aromatic heterocycles. The van der Waals surface area contributed by atoms with Gasteiger partial charge in [-0.2, -0.15) is 0 Å². The van der Waals surface area contributed by atoms with Crippen molar-refractivity contribution >= 4 is 18.4 Å². The fraction of sp³-hybridized carbons (Fsp3) is 0.500. The van der Waals surface area contributed by atoms with Crippen LogP contribution in [0, 0.1) is 0 Å². The number of nitrogens with one attached hydrogen (secondary N) is 2. The molecule has 0 saturated carbocycles. The highest BCUT2D eigenvalue weighted by Gasteiger charge is 2.11. The number of anilines is 1. The van der Waals surface area contributed by atoms with Crippen molar-refractivity contribution in [2.45, 2.75) is 20.0 Å². The molecule has 1 aliphatic heterocycles. The first-order chi connectivity index (χ1) is 5.90. The molecule has 13 heavy (non-hydrogen) atoms. The lowest BCUT2D eigenvalue weighted by molar-refractivity contribution is 0.758. The zero-order chi connectivity index (χ0) is 8.39. The molecular weight excluding hydrogens is 188 g/mol. The Bertz CT molecular complexity index is 289. The van der Waals surface area contributed by atoms with Crippen LogP contribution in [0.25, 0.3) is 0 Å². The molecule has 2 N–H and O–H groups in total. The standard InChI is InChI=1S/C8H12N4.ClH/c1-2-10-8-11-4-6-3-9-5-7(6)12-8;/h4,9H,2-3,5H2,1H3,(H,10,11,12);1H. The number of fused-ring (bicyclic) bond motifs is 1. The summed E-state index contributed by atoms with van der Waals surface area (Å²) in [4.78, 5) is 8.54. The maximum atomic E-state index is 4.36. The Labute approximate surface area is 83.6 Å². The molecule has 0 fully saturated rings. The molecule has 4 nitrogen and oxygen atoms in total. The summed E-state index contributed by atoms with van der Waals surface area (Å²) in [5, 5.41) is 6.31. The first kappa shape index (κ1) is 10.2. The minimum Gasteiger partial charge on any atom is -0.354 e. The average molecular weight is 201 g/mol. The van der Waals surface area contributed by atoms with Crippen molar-refractivity contribution in [1.82, 2.24) is 15.3 Å². The highest BCUT2D eigenvalue weighted by Crippen LogP contribution is 2.12. The summed E-state index contributed by atoms with van der Waals surface area (Å²) in [7, 11) is 0. The second kappa shape index (κ2) is 4.39. The number of aromatic nitrogens is 2. The fourth-order valence-electron chi connectivity index (χ4n) is 1.30. The zero-order valence-corrected chi connectivity index (χ0v) is 8.32. The van der Waals surface area contributed by atoms with Crippen LogP contribution in [0.4, 0.5) is 5.95 Å². The van der Waals surface area contributed by atoms with Crippen molar-refractivity contribution in [3.63, 3.8) is 0 Å². The van der Waals surface area contributed by atoms with Crippen molar-refractivity contribution in [3.05, 3.63) is 17.5 Å². The van der Waals surface area contributed by atoms with Crippen LogP contribution in [0.3, 0.4) is 0 Å². The van der Waals surface area contributed by atoms with Crippen LogP contribution in [0.2, 0.25) is 0 Å². The Morgan fingerprint density at radius 1 is 1.54 bits per heavy atom. The Morgan fingerprint density at radius 3 is 3.15 bits per heavy atom. The lowest BCUT2D eigenvalue weighted by Crippen LogP contribution is -2.04. The summed E-state index contributed by atoms with van der Waals surface area (Å²) >= 11 is 0. The van der Waals surface area contributed by atoms with Gasteiger partial charge in [-0.05, 0) is 6.92 Å². The molecule has 0 unspecified atom stereocenters. The van der Waals surface area contributed by atoms with Crippen LogP contribution < -0.4 is 10.6 Å². The molecule has 0 atom stereocenters. The first-order valence-electron chi connectivity index (χ1n) is 4.19. The minimum absolute atomic E-state index is 0. The van der Waals surface area contributed by atoms with E-state index in [1.54, 1.807) is 0 Å². The van der Waals surface area contributed by atoms with Crippen LogP contribution in [-0.4, -0.2) is 16.5 Å². The van der Waals surface area contributed by atoms with Gasteiger partial charge in [-0.3, -0.25) is 0 Å².